The Morgan fingerprint density at radius 2 is 1.68 bits per heavy atom. The van der Waals surface area contributed by atoms with Crippen molar-refractivity contribution >= 4 is 11.7 Å². The highest BCUT2D eigenvalue weighted by Gasteiger charge is 2.13. The van der Waals surface area contributed by atoms with Crippen molar-refractivity contribution in [1.82, 2.24) is 15.2 Å². The van der Waals surface area contributed by atoms with E-state index in [0.717, 1.165) is 34.7 Å². The van der Waals surface area contributed by atoms with Gasteiger partial charge in [-0.15, -0.1) is 0 Å². The average molecular weight is 493 g/mol. The number of pyridine rings is 1. The number of hydrogen-bond acceptors (Lipinski definition) is 4. The molecular formula is C31H32N4O2. The molecule has 1 fully saturated rings. The summed E-state index contributed by atoms with van der Waals surface area (Å²) in [5.74, 6) is 0.859. The van der Waals surface area contributed by atoms with Crippen LogP contribution in [0.1, 0.15) is 29.5 Å². The molecule has 1 aromatic heterocycles. The van der Waals surface area contributed by atoms with Crippen molar-refractivity contribution in [2.45, 2.75) is 32.5 Å². The first-order valence-corrected chi connectivity index (χ1v) is 12.8. The Balaban J connectivity index is 1.17. The molecule has 188 valence electrons. The largest absolute Gasteiger partial charge is 0.488 e. The van der Waals surface area contributed by atoms with Crippen molar-refractivity contribution in [2.24, 2.45) is 0 Å². The lowest BCUT2D eigenvalue weighted by Gasteiger charge is -2.16. The van der Waals surface area contributed by atoms with Crippen LogP contribution in [0.4, 0.5) is 10.5 Å². The third-order valence-electron chi connectivity index (χ3n) is 6.51. The fourth-order valence-corrected chi connectivity index (χ4v) is 4.57. The van der Waals surface area contributed by atoms with E-state index in [1.807, 2.05) is 48.5 Å². The van der Waals surface area contributed by atoms with Crippen LogP contribution in [0.3, 0.4) is 0 Å². The van der Waals surface area contributed by atoms with Gasteiger partial charge in [0, 0.05) is 36.7 Å². The van der Waals surface area contributed by atoms with Gasteiger partial charge in [-0.25, -0.2) is 4.79 Å². The van der Waals surface area contributed by atoms with E-state index in [4.69, 9.17) is 4.74 Å². The molecule has 6 heteroatoms. The summed E-state index contributed by atoms with van der Waals surface area (Å²) in [4.78, 5) is 18.8. The van der Waals surface area contributed by atoms with E-state index < -0.39 is 0 Å². The van der Waals surface area contributed by atoms with Gasteiger partial charge in [-0.2, -0.15) is 0 Å². The molecule has 2 amide bonds. The van der Waals surface area contributed by atoms with Crippen molar-refractivity contribution in [1.29, 1.82) is 0 Å². The van der Waals surface area contributed by atoms with E-state index in [2.05, 4.69) is 56.9 Å². The summed E-state index contributed by atoms with van der Waals surface area (Å²) in [5, 5.41) is 5.70. The minimum Gasteiger partial charge on any atom is -0.488 e. The number of ether oxygens (including phenoxy) is 1. The number of aromatic nitrogens is 1. The molecule has 0 spiro atoms. The second-order valence-electron chi connectivity index (χ2n) is 9.33. The Morgan fingerprint density at radius 1 is 0.865 bits per heavy atom. The van der Waals surface area contributed by atoms with Gasteiger partial charge in [-0.1, -0.05) is 54.6 Å². The quantitative estimate of drug-likeness (QED) is 0.290. The van der Waals surface area contributed by atoms with E-state index in [9.17, 15) is 4.79 Å². The summed E-state index contributed by atoms with van der Waals surface area (Å²) in [6, 6.07) is 28.2. The fraction of sp³-hybridized carbons (Fsp3) is 0.226. The van der Waals surface area contributed by atoms with Crippen LogP contribution in [-0.2, 0) is 19.7 Å². The molecule has 1 aliphatic heterocycles. The zero-order chi connectivity index (χ0) is 25.3. The van der Waals surface area contributed by atoms with Gasteiger partial charge in [-0.05, 0) is 78.5 Å². The predicted octanol–water partition coefficient (Wildman–Crippen LogP) is 6.25. The summed E-state index contributed by atoms with van der Waals surface area (Å²) in [6.45, 7) is 4.24. The lowest BCUT2D eigenvalue weighted by atomic mass is 10.0. The molecule has 1 aliphatic rings. The number of urea groups is 1. The maximum absolute atomic E-state index is 12.2. The maximum Gasteiger partial charge on any atom is 0.319 e. The van der Waals surface area contributed by atoms with E-state index in [1.54, 1.807) is 12.4 Å². The van der Waals surface area contributed by atoms with E-state index in [-0.39, 0.29) is 6.03 Å². The van der Waals surface area contributed by atoms with E-state index in [0.29, 0.717) is 13.2 Å². The number of anilines is 1. The molecule has 0 bridgehead atoms. The normalized spacial score (nSPS) is 13.3. The summed E-state index contributed by atoms with van der Waals surface area (Å²) < 4.78 is 6.24. The molecule has 6 nitrogen and oxygen atoms in total. The van der Waals surface area contributed by atoms with Crippen molar-refractivity contribution in [2.75, 3.05) is 18.4 Å². The Morgan fingerprint density at radius 3 is 2.49 bits per heavy atom. The Bertz CT molecular complexity index is 1300. The molecule has 37 heavy (non-hydrogen) atoms. The minimum absolute atomic E-state index is 0.256. The monoisotopic (exact) mass is 492 g/mol. The molecule has 0 unspecified atom stereocenters. The Hall–Kier alpha value is -4.16. The van der Waals surface area contributed by atoms with E-state index in [1.165, 1.54) is 37.1 Å². The van der Waals surface area contributed by atoms with Crippen LogP contribution in [0.2, 0.25) is 0 Å². The molecule has 5 rings (SSSR count). The molecule has 3 aromatic carbocycles. The van der Waals surface area contributed by atoms with Gasteiger partial charge in [-0.3, -0.25) is 9.88 Å². The summed E-state index contributed by atoms with van der Waals surface area (Å²) in [5.41, 5.74) is 6.30. The number of rotatable bonds is 9. The first-order valence-electron chi connectivity index (χ1n) is 12.8. The van der Waals surface area contributed by atoms with Crippen molar-refractivity contribution in [3.05, 3.63) is 114 Å². The van der Waals surface area contributed by atoms with Gasteiger partial charge in [0.15, 0.2) is 0 Å². The number of nitrogens with one attached hydrogen (secondary N) is 2. The summed E-state index contributed by atoms with van der Waals surface area (Å²) in [6.07, 6.45) is 6.04. The first kappa shape index (κ1) is 24.5. The molecule has 2 N–H and O–H groups in total. The lowest BCUT2D eigenvalue weighted by molar-refractivity contribution is 0.251. The second-order valence-corrected chi connectivity index (χ2v) is 9.33. The van der Waals surface area contributed by atoms with Crippen LogP contribution in [0, 0.1) is 0 Å². The number of likely N-dealkylation sites (tertiary alicyclic amines) is 1. The number of hydrogen-bond donors (Lipinski definition) is 2. The van der Waals surface area contributed by atoms with Crippen molar-refractivity contribution in [3.8, 4) is 16.9 Å². The number of amides is 2. The summed E-state index contributed by atoms with van der Waals surface area (Å²) in [7, 11) is 0. The van der Waals surface area contributed by atoms with Crippen molar-refractivity contribution < 1.29 is 9.53 Å². The minimum atomic E-state index is -0.256. The predicted molar refractivity (Wildman–Crippen MR) is 147 cm³/mol. The lowest BCUT2D eigenvalue weighted by Crippen LogP contribution is -2.28. The molecule has 4 aromatic rings. The smallest absolute Gasteiger partial charge is 0.319 e. The number of para-hydroxylation sites is 1. The number of carbonyl (C=O) groups is 1. The Labute approximate surface area is 218 Å². The van der Waals surface area contributed by atoms with Crippen LogP contribution in [0.5, 0.6) is 5.75 Å². The maximum atomic E-state index is 12.2. The molecule has 0 saturated carbocycles. The molecule has 0 radical (unpaired) electrons. The highest BCUT2D eigenvalue weighted by atomic mass is 16.5. The SMILES string of the molecule is O=C(NCc1cccnc1)Nc1ccc(COc2ccccc2-c2cccc(CN3CCCC3)c2)cc1. The van der Waals surface area contributed by atoms with Gasteiger partial charge in [0.25, 0.3) is 0 Å². The fourth-order valence-electron chi connectivity index (χ4n) is 4.57. The topological polar surface area (TPSA) is 66.5 Å². The number of carbonyl (C=O) groups excluding carboxylic acids is 1. The van der Waals surface area contributed by atoms with Gasteiger partial charge in [0.05, 0.1) is 0 Å². The number of benzene rings is 3. The molecular weight excluding hydrogens is 460 g/mol. The standard InChI is InChI=1S/C31H32N4O2/c36-31(33-21-26-8-6-16-32-20-26)34-28-14-12-24(13-15-28)23-37-30-11-2-1-10-29(30)27-9-5-7-25(19-27)22-35-17-3-4-18-35/h1-2,5-16,19-20H,3-4,17-18,21-23H2,(H2,33,34,36). The van der Waals surface area contributed by atoms with Gasteiger partial charge >= 0.3 is 6.03 Å². The van der Waals surface area contributed by atoms with E-state index >= 15 is 0 Å². The first-order chi connectivity index (χ1) is 18.2. The van der Waals surface area contributed by atoms with Crippen LogP contribution in [-0.4, -0.2) is 29.0 Å². The second kappa shape index (κ2) is 12.2. The highest BCUT2D eigenvalue weighted by Crippen LogP contribution is 2.31. The van der Waals surface area contributed by atoms with Crippen LogP contribution < -0.4 is 15.4 Å². The van der Waals surface area contributed by atoms with Crippen LogP contribution in [0.15, 0.2) is 97.3 Å². The zero-order valence-corrected chi connectivity index (χ0v) is 20.9. The molecule has 0 aliphatic carbocycles. The Kier molecular flexibility index (Phi) is 8.08. The van der Waals surface area contributed by atoms with Gasteiger partial charge in [0.1, 0.15) is 12.4 Å². The van der Waals surface area contributed by atoms with Gasteiger partial charge in [0.2, 0.25) is 0 Å². The highest BCUT2D eigenvalue weighted by molar-refractivity contribution is 5.89. The average Bonchev–Trinajstić information content (AvgIpc) is 3.45. The summed E-state index contributed by atoms with van der Waals surface area (Å²) >= 11 is 0. The van der Waals surface area contributed by atoms with Gasteiger partial charge < -0.3 is 15.4 Å². The third-order valence-corrected chi connectivity index (χ3v) is 6.51. The molecule has 1 saturated heterocycles. The van der Waals surface area contributed by atoms with Crippen LogP contribution >= 0.6 is 0 Å². The third kappa shape index (κ3) is 6.96. The zero-order valence-electron chi connectivity index (χ0n) is 20.9. The van der Waals surface area contributed by atoms with Crippen molar-refractivity contribution in [3.63, 3.8) is 0 Å². The number of nitrogens with zero attached hydrogens (tertiary/aromatic N) is 2. The molecule has 0 atom stereocenters. The van der Waals surface area contributed by atoms with Crippen LogP contribution in [0.25, 0.3) is 11.1 Å². The molecule has 2 heterocycles.